The minimum atomic E-state index is 0.213. The molecule has 0 spiro atoms. The van der Waals surface area contributed by atoms with E-state index in [1.807, 2.05) is 4.90 Å². The van der Waals surface area contributed by atoms with Crippen LogP contribution in [0.3, 0.4) is 0 Å². The Hall–Kier alpha value is -1.70. The van der Waals surface area contributed by atoms with E-state index < -0.39 is 0 Å². The van der Waals surface area contributed by atoms with Gasteiger partial charge in [0.05, 0.1) is 16.6 Å². The second kappa shape index (κ2) is 8.76. The van der Waals surface area contributed by atoms with Crippen LogP contribution in [0.1, 0.15) is 5.56 Å². The Morgan fingerprint density at radius 3 is 2.36 bits per heavy atom. The van der Waals surface area contributed by atoms with Crippen molar-refractivity contribution in [3.63, 3.8) is 0 Å². The van der Waals surface area contributed by atoms with E-state index in [0.29, 0.717) is 6.42 Å². The molecule has 0 N–H and O–H groups in total. The van der Waals surface area contributed by atoms with Gasteiger partial charge in [-0.15, -0.1) is 23.5 Å². The SMILES string of the molecule is CSc1ccc(CC(=O)N2CCN(c3nc4ccc(SC)cc4s3)CC2)cc1. The number of carbonyl (C=O) groups excluding carboxylic acids is 1. The van der Waals surface area contributed by atoms with E-state index in [2.05, 4.69) is 59.9 Å². The molecule has 3 aromatic rings. The number of amides is 1. The summed E-state index contributed by atoms with van der Waals surface area (Å²) >= 11 is 5.22. The highest BCUT2D eigenvalue weighted by Gasteiger charge is 2.23. The van der Waals surface area contributed by atoms with Gasteiger partial charge < -0.3 is 9.80 Å². The molecule has 0 radical (unpaired) electrons. The number of hydrogen-bond acceptors (Lipinski definition) is 6. The monoisotopic (exact) mass is 429 g/mol. The lowest BCUT2D eigenvalue weighted by Gasteiger charge is -2.34. The third kappa shape index (κ3) is 4.31. The number of hydrogen-bond donors (Lipinski definition) is 0. The molecule has 7 heteroatoms. The van der Waals surface area contributed by atoms with Gasteiger partial charge in [-0.1, -0.05) is 23.5 Å². The first-order chi connectivity index (χ1) is 13.7. The Balaban J connectivity index is 1.36. The summed E-state index contributed by atoms with van der Waals surface area (Å²) in [5.41, 5.74) is 2.14. The van der Waals surface area contributed by atoms with Crippen molar-refractivity contribution < 1.29 is 4.79 Å². The number of thioether (sulfide) groups is 2. The lowest BCUT2D eigenvalue weighted by molar-refractivity contribution is -0.130. The second-order valence-corrected chi connectivity index (χ2v) is 9.49. The van der Waals surface area contributed by atoms with Gasteiger partial charge in [0, 0.05) is 36.0 Å². The number of aromatic nitrogens is 1. The van der Waals surface area contributed by atoms with Gasteiger partial charge in [0.15, 0.2) is 5.13 Å². The Morgan fingerprint density at radius 2 is 1.68 bits per heavy atom. The van der Waals surface area contributed by atoms with Crippen LogP contribution in [0.2, 0.25) is 0 Å². The molecular weight excluding hydrogens is 406 g/mol. The van der Waals surface area contributed by atoms with E-state index in [0.717, 1.165) is 42.4 Å². The van der Waals surface area contributed by atoms with Crippen LogP contribution in [-0.2, 0) is 11.2 Å². The second-order valence-electron chi connectivity index (χ2n) is 6.72. The predicted octanol–water partition coefficient (Wildman–Crippen LogP) is 4.63. The first-order valence-corrected chi connectivity index (χ1v) is 12.5. The first-order valence-electron chi connectivity index (χ1n) is 9.26. The van der Waals surface area contributed by atoms with E-state index in [1.165, 1.54) is 14.5 Å². The van der Waals surface area contributed by atoms with E-state index in [-0.39, 0.29) is 5.91 Å². The maximum atomic E-state index is 12.7. The quantitative estimate of drug-likeness (QED) is 0.553. The molecule has 4 nitrogen and oxygen atoms in total. The third-order valence-corrected chi connectivity index (χ3v) is 7.55. The van der Waals surface area contributed by atoms with E-state index in [4.69, 9.17) is 4.98 Å². The zero-order valence-electron chi connectivity index (χ0n) is 16.1. The molecule has 0 bridgehead atoms. The molecule has 1 saturated heterocycles. The lowest BCUT2D eigenvalue weighted by atomic mass is 10.1. The molecule has 1 aliphatic heterocycles. The maximum Gasteiger partial charge on any atom is 0.227 e. The number of fused-ring (bicyclic) bond motifs is 1. The van der Waals surface area contributed by atoms with E-state index in [9.17, 15) is 4.79 Å². The largest absolute Gasteiger partial charge is 0.345 e. The number of benzene rings is 2. The highest BCUT2D eigenvalue weighted by Crippen LogP contribution is 2.32. The van der Waals surface area contributed by atoms with Gasteiger partial charge >= 0.3 is 0 Å². The molecule has 0 saturated carbocycles. The fourth-order valence-corrected chi connectivity index (χ4v) is 5.31. The van der Waals surface area contributed by atoms with Crippen molar-refractivity contribution in [1.29, 1.82) is 0 Å². The summed E-state index contributed by atoms with van der Waals surface area (Å²) in [6.45, 7) is 3.19. The zero-order valence-corrected chi connectivity index (χ0v) is 18.5. The molecule has 1 amide bonds. The van der Waals surface area contributed by atoms with Gasteiger partial charge in [0.25, 0.3) is 0 Å². The summed E-state index contributed by atoms with van der Waals surface area (Å²) in [6, 6.07) is 14.7. The van der Waals surface area contributed by atoms with Gasteiger partial charge in [-0.3, -0.25) is 4.79 Å². The van der Waals surface area contributed by atoms with Gasteiger partial charge in [0.2, 0.25) is 5.91 Å². The smallest absolute Gasteiger partial charge is 0.227 e. The van der Waals surface area contributed by atoms with Crippen LogP contribution in [0.15, 0.2) is 52.3 Å². The van der Waals surface area contributed by atoms with Crippen LogP contribution in [0, 0.1) is 0 Å². The third-order valence-electron chi connectivity index (χ3n) is 5.00. The van der Waals surface area contributed by atoms with Crippen LogP contribution in [0.5, 0.6) is 0 Å². The summed E-state index contributed by atoms with van der Waals surface area (Å²) in [5.74, 6) is 0.213. The number of carbonyl (C=O) groups is 1. The standard InChI is InChI=1S/C21H23N3OS3/c1-26-16-5-3-15(4-6-16)13-20(25)23-9-11-24(12-10-23)21-22-18-8-7-17(27-2)14-19(18)28-21/h3-8,14H,9-13H2,1-2H3. The Kier molecular flexibility index (Phi) is 6.13. The average molecular weight is 430 g/mol. The number of rotatable bonds is 5. The van der Waals surface area contributed by atoms with Crippen molar-refractivity contribution in [3.8, 4) is 0 Å². The van der Waals surface area contributed by atoms with Gasteiger partial charge in [-0.05, 0) is 48.4 Å². The average Bonchev–Trinajstić information content (AvgIpc) is 3.17. The minimum absolute atomic E-state index is 0.213. The fourth-order valence-electron chi connectivity index (χ4n) is 3.33. The molecule has 0 atom stereocenters. The highest BCUT2D eigenvalue weighted by molar-refractivity contribution is 7.98. The molecule has 2 aromatic carbocycles. The zero-order chi connectivity index (χ0) is 19.5. The molecule has 146 valence electrons. The Labute approximate surface area is 178 Å². The van der Waals surface area contributed by atoms with Gasteiger partial charge in [0.1, 0.15) is 0 Å². The summed E-state index contributed by atoms with van der Waals surface area (Å²) < 4.78 is 1.23. The molecule has 1 fully saturated rings. The molecule has 28 heavy (non-hydrogen) atoms. The molecule has 1 aliphatic rings. The molecule has 4 rings (SSSR count). The van der Waals surface area contributed by atoms with Crippen molar-refractivity contribution in [3.05, 3.63) is 48.0 Å². The lowest BCUT2D eigenvalue weighted by Crippen LogP contribution is -2.49. The Bertz CT molecular complexity index is 963. The minimum Gasteiger partial charge on any atom is -0.345 e. The number of thiazole rings is 1. The van der Waals surface area contributed by atoms with Crippen molar-refractivity contribution in [2.75, 3.05) is 43.6 Å². The van der Waals surface area contributed by atoms with Crippen molar-refractivity contribution in [2.45, 2.75) is 16.2 Å². The molecule has 0 unspecified atom stereocenters. The topological polar surface area (TPSA) is 36.4 Å². The fraction of sp³-hybridized carbons (Fsp3) is 0.333. The van der Waals surface area contributed by atoms with Crippen LogP contribution in [-0.4, -0.2) is 54.5 Å². The van der Waals surface area contributed by atoms with Crippen LogP contribution < -0.4 is 4.90 Å². The molecular formula is C21H23N3OS3. The van der Waals surface area contributed by atoms with Crippen LogP contribution in [0.25, 0.3) is 10.2 Å². The van der Waals surface area contributed by atoms with Crippen molar-refractivity contribution in [1.82, 2.24) is 9.88 Å². The van der Waals surface area contributed by atoms with Crippen LogP contribution in [0.4, 0.5) is 5.13 Å². The highest BCUT2D eigenvalue weighted by atomic mass is 32.2. The summed E-state index contributed by atoms with van der Waals surface area (Å²) in [4.78, 5) is 24.2. The van der Waals surface area contributed by atoms with Crippen LogP contribution >= 0.6 is 34.9 Å². The number of anilines is 1. The summed E-state index contributed by atoms with van der Waals surface area (Å²) in [6.07, 6.45) is 4.64. The maximum absolute atomic E-state index is 12.7. The van der Waals surface area contributed by atoms with Crippen molar-refractivity contribution in [2.24, 2.45) is 0 Å². The normalized spacial score (nSPS) is 14.6. The summed E-state index contributed by atoms with van der Waals surface area (Å²) in [5, 5.41) is 1.06. The van der Waals surface area contributed by atoms with Gasteiger partial charge in [-0.2, -0.15) is 0 Å². The molecule has 0 aliphatic carbocycles. The summed E-state index contributed by atoms with van der Waals surface area (Å²) in [7, 11) is 0. The molecule has 1 aromatic heterocycles. The van der Waals surface area contributed by atoms with Crippen molar-refractivity contribution >= 4 is 56.1 Å². The number of piperazine rings is 1. The Morgan fingerprint density at radius 1 is 1.00 bits per heavy atom. The van der Waals surface area contributed by atoms with E-state index in [1.54, 1.807) is 34.9 Å². The predicted molar refractivity (Wildman–Crippen MR) is 122 cm³/mol. The molecule has 2 heterocycles. The van der Waals surface area contributed by atoms with Gasteiger partial charge in [-0.25, -0.2) is 4.98 Å². The first kappa shape index (κ1) is 19.6. The van der Waals surface area contributed by atoms with E-state index >= 15 is 0 Å². The number of nitrogens with zero attached hydrogens (tertiary/aromatic N) is 3.